The van der Waals surface area contributed by atoms with Crippen LogP contribution in [0.4, 0.5) is 0 Å². The van der Waals surface area contributed by atoms with Gasteiger partial charge in [-0.15, -0.1) is 0 Å². The summed E-state index contributed by atoms with van der Waals surface area (Å²) >= 11 is 1.43. The van der Waals surface area contributed by atoms with E-state index in [0.29, 0.717) is 17.4 Å². The first kappa shape index (κ1) is 22.1. The van der Waals surface area contributed by atoms with Crippen LogP contribution in [-0.4, -0.2) is 47.1 Å². The minimum Gasteiger partial charge on any atom is -0.341 e. The summed E-state index contributed by atoms with van der Waals surface area (Å²) in [5.41, 5.74) is 1.42. The number of piperidine rings is 1. The Morgan fingerprint density at radius 3 is 2.55 bits per heavy atom. The molecule has 0 aliphatic carbocycles. The number of fused-ring (bicyclic) bond motifs is 1. The molecule has 1 aliphatic heterocycles. The highest BCUT2D eigenvalue weighted by molar-refractivity contribution is 8.00. The lowest BCUT2D eigenvalue weighted by molar-refractivity contribution is -0.132. The zero-order valence-corrected chi connectivity index (χ0v) is 19.1. The molecule has 1 saturated heterocycles. The average Bonchev–Trinajstić information content (AvgIpc) is 2.96. The minimum absolute atomic E-state index is 0.0446. The first-order valence-corrected chi connectivity index (χ1v) is 12.5. The lowest BCUT2D eigenvalue weighted by Crippen LogP contribution is -2.45. The van der Waals surface area contributed by atoms with Crippen LogP contribution in [0, 0.1) is 11.8 Å². The molecule has 0 radical (unpaired) electrons. The number of nitrogens with two attached hydrogens (primary N) is 1. The molecule has 3 atom stereocenters. The molecular weight excluding hydrogens is 408 g/mol. The number of imidazole rings is 1. The average molecular weight is 439 g/mol. The molecule has 0 bridgehead atoms. The van der Waals surface area contributed by atoms with E-state index in [0.717, 1.165) is 43.1 Å². The quantitative estimate of drug-likeness (QED) is 0.699. The molecule has 3 rings (SSSR count). The maximum atomic E-state index is 13.0. The van der Waals surface area contributed by atoms with Crippen LogP contribution >= 0.6 is 11.8 Å². The van der Waals surface area contributed by atoms with Gasteiger partial charge in [-0.1, -0.05) is 32.5 Å². The van der Waals surface area contributed by atoms with Crippen LogP contribution in [-0.2, 0) is 21.4 Å². The summed E-state index contributed by atoms with van der Waals surface area (Å²) in [5, 5.41) is 5.72. The summed E-state index contributed by atoms with van der Waals surface area (Å²) in [6.45, 7) is 10.7. The highest BCUT2D eigenvalue weighted by atomic mass is 32.2. The monoisotopic (exact) mass is 438 g/mol. The van der Waals surface area contributed by atoms with E-state index >= 15 is 0 Å². The number of likely N-dealkylation sites (tertiary alicyclic amines) is 1. The number of hydrogen-bond donors (Lipinski definition) is 1. The number of amides is 1. The third-order valence-corrected chi connectivity index (χ3v) is 7.26. The number of aryl methyl sites for hydroxylation is 1. The highest BCUT2D eigenvalue weighted by Crippen LogP contribution is 2.31. The van der Waals surface area contributed by atoms with Crippen LogP contribution in [0.1, 0.15) is 40.5 Å². The Balaban J connectivity index is 1.88. The van der Waals surface area contributed by atoms with Crippen molar-refractivity contribution in [3.8, 4) is 0 Å². The number of aromatic nitrogens is 2. The Labute approximate surface area is 177 Å². The summed E-state index contributed by atoms with van der Waals surface area (Å²) in [6.07, 6.45) is 2.06. The van der Waals surface area contributed by atoms with Crippen molar-refractivity contribution in [2.24, 2.45) is 17.0 Å². The predicted molar refractivity (Wildman–Crippen MR) is 116 cm³/mol. The van der Waals surface area contributed by atoms with Crippen molar-refractivity contribution in [1.29, 1.82) is 0 Å². The van der Waals surface area contributed by atoms with Gasteiger partial charge in [0.2, 0.25) is 15.9 Å². The first-order valence-electron chi connectivity index (χ1n) is 10.1. The van der Waals surface area contributed by atoms with E-state index < -0.39 is 10.0 Å². The van der Waals surface area contributed by atoms with Crippen LogP contribution in [0.25, 0.3) is 11.0 Å². The second-order valence-electron chi connectivity index (χ2n) is 8.19. The summed E-state index contributed by atoms with van der Waals surface area (Å²) in [7, 11) is -3.79. The van der Waals surface area contributed by atoms with Crippen molar-refractivity contribution in [1.82, 2.24) is 14.5 Å². The van der Waals surface area contributed by atoms with E-state index in [1.54, 1.807) is 6.07 Å². The number of primary sulfonamides is 1. The second kappa shape index (κ2) is 8.65. The maximum Gasteiger partial charge on any atom is 0.238 e. The van der Waals surface area contributed by atoms with Crippen molar-refractivity contribution < 1.29 is 13.2 Å². The molecule has 0 spiro atoms. The fourth-order valence-corrected chi connectivity index (χ4v) is 5.67. The Bertz CT molecular complexity index is 993. The first-order chi connectivity index (χ1) is 13.6. The summed E-state index contributed by atoms with van der Waals surface area (Å²) in [5.74, 6) is 1.16. The van der Waals surface area contributed by atoms with Gasteiger partial charge in [-0.2, -0.15) is 0 Å². The van der Waals surface area contributed by atoms with Gasteiger partial charge >= 0.3 is 0 Å². The number of thioether (sulfide) groups is 1. The largest absolute Gasteiger partial charge is 0.341 e. The molecule has 1 fully saturated rings. The molecule has 1 aromatic carbocycles. The van der Waals surface area contributed by atoms with E-state index in [4.69, 9.17) is 5.14 Å². The van der Waals surface area contributed by atoms with Gasteiger partial charge in [0.05, 0.1) is 21.2 Å². The summed E-state index contributed by atoms with van der Waals surface area (Å²) < 4.78 is 25.4. The minimum atomic E-state index is -3.79. The third kappa shape index (κ3) is 4.95. The molecule has 160 valence electrons. The van der Waals surface area contributed by atoms with Gasteiger partial charge in [0.15, 0.2) is 5.16 Å². The number of sulfonamides is 1. The number of nitrogens with zero attached hydrogens (tertiary/aromatic N) is 3. The van der Waals surface area contributed by atoms with Crippen molar-refractivity contribution in [2.45, 2.75) is 62.4 Å². The lowest BCUT2D eigenvalue weighted by Gasteiger charge is -2.36. The van der Waals surface area contributed by atoms with Gasteiger partial charge in [0.1, 0.15) is 0 Å². The molecule has 2 heterocycles. The van der Waals surface area contributed by atoms with Gasteiger partial charge in [0.25, 0.3) is 0 Å². The molecule has 2 N–H and O–H groups in total. The maximum absolute atomic E-state index is 13.0. The fraction of sp³-hybridized carbons (Fsp3) is 0.600. The second-order valence-corrected chi connectivity index (χ2v) is 11.1. The number of benzene rings is 1. The molecule has 1 aromatic heterocycles. The number of carbonyl (C=O) groups is 1. The standard InChI is InChI=1S/C20H30N4O3S2/c1-5-8-24-18-7-6-16(29(21,26)27)10-17(18)22-20(24)28-15(4)19(25)23-11-13(2)9-14(3)12-23/h6-7,10,13-15H,5,8-9,11-12H2,1-4H3,(H2,21,26,27). The van der Waals surface area contributed by atoms with E-state index in [1.165, 1.54) is 23.9 Å². The van der Waals surface area contributed by atoms with Gasteiger partial charge in [-0.3, -0.25) is 4.79 Å². The van der Waals surface area contributed by atoms with E-state index in [9.17, 15) is 13.2 Å². The van der Waals surface area contributed by atoms with Crippen molar-refractivity contribution in [3.05, 3.63) is 18.2 Å². The van der Waals surface area contributed by atoms with Crippen LogP contribution in [0.15, 0.2) is 28.3 Å². The number of rotatable bonds is 6. The molecule has 9 heteroatoms. The van der Waals surface area contributed by atoms with Crippen molar-refractivity contribution >= 4 is 38.7 Å². The van der Waals surface area contributed by atoms with Gasteiger partial charge in [0, 0.05) is 19.6 Å². The fourth-order valence-electron chi connectivity index (χ4n) is 4.10. The lowest BCUT2D eigenvalue weighted by atomic mass is 9.92. The van der Waals surface area contributed by atoms with Crippen molar-refractivity contribution in [2.75, 3.05) is 13.1 Å². The van der Waals surface area contributed by atoms with Gasteiger partial charge < -0.3 is 9.47 Å². The molecule has 1 amide bonds. The number of carbonyl (C=O) groups excluding carboxylic acids is 1. The third-order valence-electron chi connectivity index (χ3n) is 5.27. The highest BCUT2D eigenvalue weighted by Gasteiger charge is 2.29. The smallest absolute Gasteiger partial charge is 0.238 e. The van der Waals surface area contributed by atoms with Gasteiger partial charge in [-0.25, -0.2) is 18.5 Å². The van der Waals surface area contributed by atoms with Crippen LogP contribution in [0.3, 0.4) is 0 Å². The molecule has 0 saturated carbocycles. The Hall–Kier alpha value is -1.58. The molecular formula is C20H30N4O3S2. The van der Waals surface area contributed by atoms with Crippen LogP contribution in [0.5, 0.6) is 0 Å². The zero-order chi connectivity index (χ0) is 21.3. The molecule has 3 unspecified atom stereocenters. The van der Waals surface area contributed by atoms with E-state index in [1.807, 2.05) is 11.8 Å². The molecule has 1 aliphatic rings. The van der Waals surface area contributed by atoms with Crippen LogP contribution in [0.2, 0.25) is 0 Å². The summed E-state index contributed by atoms with van der Waals surface area (Å²) in [4.78, 5) is 19.7. The Morgan fingerprint density at radius 1 is 1.31 bits per heavy atom. The topological polar surface area (TPSA) is 98.3 Å². The molecule has 29 heavy (non-hydrogen) atoms. The van der Waals surface area contributed by atoms with Crippen molar-refractivity contribution in [3.63, 3.8) is 0 Å². The van der Waals surface area contributed by atoms with Crippen LogP contribution < -0.4 is 5.14 Å². The molecule has 2 aromatic rings. The Morgan fingerprint density at radius 2 is 1.97 bits per heavy atom. The van der Waals surface area contributed by atoms with E-state index in [2.05, 4.69) is 30.3 Å². The normalized spacial score (nSPS) is 21.5. The Kier molecular flexibility index (Phi) is 6.60. The molecule has 7 nitrogen and oxygen atoms in total. The van der Waals surface area contributed by atoms with Gasteiger partial charge in [-0.05, 0) is 49.8 Å². The number of hydrogen-bond acceptors (Lipinski definition) is 5. The summed E-state index contributed by atoms with van der Waals surface area (Å²) in [6, 6.07) is 4.74. The zero-order valence-electron chi connectivity index (χ0n) is 17.5. The van der Waals surface area contributed by atoms with E-state index in [-0.39, 0.29) is 16.1 Å². The predicted octanol–water partition coefficient (Wildman–Crippen LogP) is 3.08. The SMILES string of the molecule is CCCn1c(SC(C)C(=O)N2CC(C)CC(C)C2)nc2cc(S(N)(=O)=O)ccc21.